The summed E-state index contributed by atoms with van der Waals surface area (Å²) in [5, 5.41) is 20.9. The van der Waals surface area contributed by atoms with Crippen LogP contribution in [0.5, 0.6) is 0 Å². The Bertz CT molecular complexity index is 969. The van der Waals surface area contributed by atoms with Crippen LogP contribution in [0.25, 0.3) is 6.08 Å². The van der Waals surface area contributed by atoms with Crippen LogP contribution in [-0.2, 0) is 11.3 Å². The normalized spacial score (nSPS) is 15.4. The number of rotatable bonds is 5. The van der Waals surface area contributed by atoms with Crippen molar-refractivity contribution in [2.45, 2.75) is 6.54 Å². The first-order valence-electron chi connectivity index (χ1n) is 7.58. The van der Waals surface area contributed by atoms with Gasteiger partial charge in [0.25, 0.3) is 22.5 Å². The van der Waals surface area contributed by atoms with Gasteiger partial charge in [-0.05, 0) is 41.1 Å². The van der Waals surface area contributed by atoms with E-state index in [2.05, 4.69) is 0 Å². The molecule has 0 bridgehead atoms. The van der Waals surface area contributed by atoms with Crippen molar-refractivity contribution in [3.05, 3.63) is 84.8 Å². The molecule has 1 aliphatic rings. The third-order valence-corrected chi connectivity index (χ3v) is 4.67. The molecule has 0 N–H and O–H groups in total. The van der Waals surface area contributed by atoms with Crippen LogP contribution in [0.3, 0.4) is 0 Å². The highest BCUT2D eigenvalue weighted by atomic mass is 32.2. The molecule has 1 aliphatic heterocycles. The number of carbonyl (C=O) groups excluding carboxylic acids is 2. The molecule has 0 spiro atoms. The van der Waals surface area contributed by atoms with Gasteiger partial charge in [0.1, 0.15) is 0 Å². The smallest absolute Gasteiger partial charge is 0.268 e. The zero-order valence-electron chi connectivity index (χ0n) is 13.6. The van der Waals surface area contributed by atoms with Crippen LogP contribution >= 0.6 is 11.8 Å². The second-order valence-electron chi connectivity index (χ2n) is 5.54. The summed E-state index contributed by atoms with van der Waals surface area (Å²) in [6.45, 7) is 0.000260. The van der Waals surface area contributed by atoms with E-state index in [1.165, 1.54) is 54.6 Å². The number of nitrogens with zero attached hydrogens (tertiary/aromatic N) is 3. The van der Waals surface area contributed by atoms with E-state index in [1.807, 2.05) is 0 Å². The molecular formula is C17H11N3O6S. The summed E-state index contributed by atoms with van der Waals surface area (Å²) in [5.41, 5.74) is 0.991. The van der Waals surface area contributed by atoms with Crippen molar-refractivity contribution in [1.82, 2.24) is 4.90 Å². The SMILES string of the molecule is O=C1S/C(=C/c2ccc([N+](=O)[O-])cc2)C(=O)N1Cc1ccc([N+](=O)[O-])cc1. The fraction of sp³-hybridized carbons (Fsp3) is 0.0588. The molecule has 0 atom stereocenters. The number of hydrogen-bond donors (Lipinski definition) is 0. The molecule has 27 heavy (non-hydrogen) atoms. The van der Waals surface area contributed by atoms with E-state index in [-0.39, 0.29) is 22.8 Å². The molecule has 1 saturated heterocycles. The highest BCUT2D eigenvalue weighted by Gasteiger charge is 2.35. The molecule has 10 heteroatoms. The molecule has 0 saturated carbocycles. The lowest BCUT2D eigenvalue weighted by atomic mass is 10.2. The van der Waals surface area contributed by atoms with Crippen molar-refractivity contribution < 1.29 is 19.4 Å². The number of carbonyl (C=O) groups is 2. The van der Waals surface area contributed by atoms with Gasteiger partial charge in [0.2, 0.25) is 0 Å². The number of nitro groups is 2. The molecule has 2 aromatic rings. The topological polar surface area (TPSA) is 124 Å². The van der Waals surface area contributed by atoms with E-state index < -0.39 is 21.0 Å². The summed E-state index contributed by atoms with van der Waals surface area (Å²) in [4.78, 5) is 46.1. The van der Waals surface area contributed by atoms with Crippen LogP contribution in [0.4, 0.5) is 16.2 Å². The molecule has 9 nitrogen and oxygen atoms in total. The zero-order valence-corrected chi connectivity index (χ0v) is 14.4. The Kier molecular flexibility index (Phi) is 4.99. The van der Waals surface area contributed by atoms with Crippen LogP contribution in [0.2, 0.25) is 0 Å². The van der Waals surface area contributed by atoms with Gasteiger partial charge in [-0.15, -0.1) is 0 Å². The molecular weight excluding hydrogens is 374 g/mol. The van der Waals surface area contributed by atoms with Crippen molar-refractivity contribution in [1.29, 1.82) is 0 Å². The van der Waals surface area contributed by atoms with Gasteiger partial charge in [-0.1, -0.05) is 12.1 Å². The first-order valence-corrected chi connectivity index (χ1v) is 8.40. The van der Waals surface area contributed by atoms with E-state index >= 15 is 0 Å². The van der Waals surface area contributed by atoms with Crippen molar-refractivity contribution in [3.8, 4) is 0 Å². The summed E-state index contributed by atoms with van der Waals surface area (Å²) in [7, 11) is 0. The minimum atomic E-state index is -0.531. The number of hydrogen-bond acceptors (Lipinski definition) is 7. The maximum Gasteiger partial charge on any atom is 0.293 e. The van der Waals surface area contributed by atoms with Gasteiger partial charge < -0.3 is 0 Å². The molecule has 0 aromatic heterocycles. The highest BCUT2D eigenvalue weighted by Crippen LogP contribution is 2.33. The van der Waals surface area contributed by atoms with Crippen molar-refractivity contribution in [2.24, 2.45) is 0 Å². The first kappa shape index (κ1) is 18.3. The maximum atomic E-state index is 12.5. The average molecular weight is 385 g/mol. The Morgan fingerprint density at radius 1 is 0.889 bits per heavy atom. The molecule has 1 fully saturated rings. The number of benzene rings is 2. The molecule has 1 heterocycles. The van der Waals surface area contributed by atoms with Crippen molar-refractivity contribution in [3.63, 3.8) is 0 Å². The summed E-state index contributed by atoms with van der Waals surface area (Å²) in [6.07, 6.45) is 1.49. The van der Waals surface area contributed by atoms with E-state index in [0.29, 0.717) is 11.1 Å². The number of non-ortho nitro benzene ring substituents is 2. The second kappa shape index (κ2) is 7.38. The third-order valence-electron chi connectivity index (χ3n) is 3.76. The molecule has 2 amide bonds. The van der Waals surface area contributed by atoms with E-state index in [1.54, 1.807) is 0 Å². The van der Waals surface area contributed by atoms with Gasteiger partial charge in [0.15, 0.2) is 0 Å². The van der Waals surface area contributed by atoms with Crippen LogP contribution < -0.4 is 0 Å². The van der Waals surface area contributed by atoms with Crippen LogP contribution in [-0.4, -0.2) is 25.9 Å². The predicted molar refractivity (Wildman–Crippen MR) is 97.7 cm³/mol. The van der Waals surface area contributed by atoms with Gasteiger partial charge in [-0.25, -0.2) is 0 Å². The zero-order chi connectivity index (χ0) is 19.6. The summed E-state index contributed by atoms with van der Waals surface area (Å²) < 4.78 is 0. The molecule has 136 valence electrons. The van der Waals surface area contributed by atoms with Crippen LogP contribution in [0.15, 0.2) is 53.4 Å². The molecule has 2 aromatic carbocycles. The lowest BCUT2D eigenvalue weighted by Gasteiger charge is -2.12. The van der Waals surface area contributed by atoms with Gasteiger partial charge >= 0.3 is 0 Å². The Hall–Kier alpha value is -3.53. The fourth-order valence-electron chi connectivity index (χ4n) is 2.39. The molecule has 0 unspecified atom stereocenters. The number of thioether (sulfide) groups is 1. The van der Waals surface area contributed by atoms with Crippen LogP contribution in [0, 0.1) is 20.2 Å². The number of amides is 2. The average Bonchev–Trinajstić information content (AvgIpc) is 2.90. The number of imide groups is 1. The predicted octanol–water partition coefficient (Wildman–Crippen LogP) is 3.74. The monoisotopic (exact) mass is 385 g/mol. The van der Waals surface area contributed by atoms with Crippen molar-refractivity contribution in [2.75, 3.05) is 0 Å². The number of nitro benzene ring substituents is 2. The minimum absolute atomic E-state index is 0.000260. The van der Waals surface area contributed by atoms with E-state index in [4.69, 9.17) is 0 Å². The van der Waals surface area contributed by atoms with Gasteiger partial charge in [0, 0.05) is 24.3 Å². The second-order valence-corrected chi connectivity index (χ2v) is 6.53. The first-order chi connectivity index (χ1) is 12.8. The molecule has 3 rings (SSSR count). The standard InChI is InChI=1S/C17H11N3O6S/c21-16-15(9-11-1-5-13(6-2-11)19(23)24)27-17(22)18(16)10-12-3-7-14(8-4-12)20(25)26/h1-9H,10H2/b15-9+. The Balaban J connectivity index is 1.76. The Morgan fingerprint density at radius 2 is 1.41 bits per heavy atom. The lowest BCUT2D eigenvalue weighted by molar-refractivity contribution is -0.385. The molecule has 0 aliphatic carbocycles. The summed E-state index contributed by atoms with van der Waals surface area (Å²) in [5.74, 6) is -0.485. The third kappa shape index (κ3) is 4.01. The van der Waals surface area contributed by atoms with Gasteiger partial charge in [-0.2, -0.15) is 0 Å². The maximum absolute atomic E-state index is 12.5. The largest absolute Gasteiger partial charge is 0.293 e. The van der Waals surface area contributed by atoms with Gasteiger partial charge in [0.05, 0.1) is 21.3 Å². The van der Waals surface area contributed by atoms with Crippen LogP contribution in [0.1, 0.15) is 11.1 Å². The van der Waals surface area contributed by atoms with E-state index in [0.717, 1.165) is 16.7 Å². The lowest BCUT2D eigenvalue weighted by Crippen LogP contribution is -2.27. The summed E-state index contributed by atoms with van der Waals surface area (Å²) >= 11 is 0.771. The van der Waals surface area contributed by atoms with E-state index in [9.17, 15) is 29.8 Å². The Labute approximate surface area is 156 Å². The highest BCUT2D eigenvalue weighted by molar-refractivity contribution is 8.18. The quantitative estimate of drug-likeness (QED) is 0.436. The minimum Gasteiger partial charge on any atom is -0.268 e. The van der Waals surface area contributed by atoms with Crippen molar-refractivity contribution >= 4 is 40.4 Å². The summed E-state index contributed by atoms with van der Waals surface area (Å²) in [6, 6.07) is 11.2. The molecule has 0 radical (unpaired) electrons. The Morgan fingerprint density at radius 3 is 1.93 bits per heavy atom. The van der Waals surface area contributed by atoms with Gasteiger partial charge in [-0.3, -0.25) is 34.7 Å². The fourth-order valence-corrected chi connectivity index (χ4v) is 3.22.